The van der Waals surface area contributed by atoms with E-state index in [0.717, 1.165) is 5.56 Å². The zero-order valence-electron chi connectivity index (χ0n) is 12.7. The Morgan fingerprint density at radius 3 is 2.33 bits per heavy atom. The molecule has 0 radical (unpaired) electrons. The van der Waals surface area contributed by atoms with Gasteiger partial charge in [-0.3, -0.25) is 4.79 Å². The summed E-state index contributed by atoms with van der Waals surface area (Å²) < 4.78 is 10.7. The zero-order chi connectivity index (χ0) is 15.4. The average molecular weight is 291 g/mol. The van der Waals surface area contributed by atoms with Crippen molar-refractivity contribution in [2.24, 2.45) is 0 Å². The van der Waals surface area contributed by atoms with Gasteiger partial charge in [0.2, 0.25) is 0 Å². The van der Waals surface area contributed by atoms with E-state index in [4.69, 9.17) is 9.47 Å². The third-order valence-electron chi connectivity index (χ3n) is 3.39. The van der Waals surface area contributed by atoms with Crippen LogP contribution in [0.5, 0.6) is 0 Å². The molecule has 1 aromatic carbocycles. The van der Waals surface area contributed by atoms with Crippen molar-refractivity contribution in [3.8, 4) is 0 Å². The second-order valence-corrected chi connectivity index (χ2v) is 5.50. The molecule has 1 aliphatic rings. The minimum atomic E-state index is -0.474. The Labute approximate surface area is 124 Å². The van der Waals surface area contributed by atoms with E-state index in [1.807, 2.05) is 32.9 Å². The van der Waals surface area contributed by atoms with Gasteiger partial charge in [0.25, 0.3) is 5.91 Å². The summed E-state index contributed by atoms with van der Waals surface area (Å²) in [5, 5.41) is 0. The summed E-state index contributed by atoms with van der Waals surface area (Å²) >= 11 is 0. The number of hydrogen-bond acceptors (Lipinski definition) is 4. The molecule has 1 amide bonds. The average Bonchev–Trinajstić information content (AvgIpc) is 2.44. The maximum atomic E-state index is 12.1. The van der Waals surface area contributed by atoms with Gasteiger partial charge in [-0.2, -0.15) is 0 Å². The van der Waals surface area contributed by atoms with E-state index in [9.17, 15) is 9.59 Å². The third kappa shape index (κ3) is 4.29. The lowest BCUT2D eigenvalue weighted by Crippen LogP contribution is -2.49. The van der Waals surface area contributed by atoms with E-state index in [-0.39, 0.29) is 24.7 Å². The van der Waals surface area contributed by atoms with Crippen molar-refractivity contribution >= 4 is 11.9 Å². The normalized spacial score (nSPS) is 22.0. The SMILES string of the molecule is Cc1ccc(C(=O)OCC(=O)N2C[C@H](C)O[C@@H](C)C2)cc1. The van der Waals surface area contributed by atoms with Gasteiger partial charge in [-0.15, -0.1) is 0 Å². The number of esters is 1. The molecule has 2 atom stereocenters. The van der Waals surface area contributed by atoms with Crippen LogP contribution < -0.4 is 0 Å². The Morgan fingerprint density at radius 1 is 1.19 bits per heavy atom. The predicted molar refractivity (Wildman–Crippen MR) is 78.1 cm³/mol. The molecule has 0 N–H and O–H groups in total. The van der Waals surface area contributed by atoms with Crippen molar-refractivity contribution in [1.82, 2.24) is 4.90 Å². The van der Waals surface area contributed by atoms with E-state index in [2.05, 4.69) is 0 Å². The highest BCUT2D eigenvalue weighted by atomic mass is 16.5. The first kappa shape index (κ1) is 15.5. The van der Waals surface area contributed by atoms with Crippen LogP contribution in [0.1, 0.15) is 29.8 Å². The van der Waals surface area contributed by atoms with Gasteiger partial charge in [-0.25, -0.2) is 4.79 Å². The van der Waals surface area contributed by atoms with Gasteiger partial charge in [0, 0.05) is 13.1 Å². The summed E-state index contributed by atoms with van der Waals surface area (Å²) in [6.45, 7) is 6.63. The monoisotopic (exact) mass is 291 g/mol. The number of aryl methyl sites for hydroxylation is 1. The van der Waals surface area contributed by atoms with Crippen LogP contribution in [0.25, 0.3) is 0 Å². The predicted octanol–water partition coefficient (Wildman–Crippen LogP) is 1.79. The molecule has 0 unspecified atom stereocenters. The molecule has 0 aromatic heterocycles. The van der Waals surface area contributed by atoms with Crippen molar-refractivity contribution in [2.45, 2.75) is 33.0 Å². The Morgan fingerprint density at radius 2 is 1.76 bits per heavy atom. The van der Waals surface area contributed by atoms with Crippen LogP contribution in [-0.4, -0.2) is 48.7 Å². The topological polar surface area (TPSA) is 55.8 Å². The van der Waals surface area contributed by atoms with E-state index < -0.39 is 5.97 Å². The number of morpholine rings is 1. The molecule has 1 heterocycles. The largest absolute Gasteiger partial charge is 0.452 e. The summed E-state index contributed by atoms with van der Waals surface area (Å²) in [6, 6.07) is 7.07. The molecule has 1 fully saturated rings. The lowest BCUT2D eigenvalue weighted by molar-refractivity contribution is -0.146. The van der Waals surface area contributed by atoms with E-state index in [1.54, 1.807) is 17.0 Å². The maximum Gasteiger partial charge on any atom is 0.338 e. The van der Waals surface area contributed by atoms with Crippen molar-refractivity contribution < 1.29 is 19.1 Å². The van der Waals surface area contributed by atoms with Crippen molar-refractivity contribution in [3.63, 3.8) is 0 Å². The summed E-state index contributed by atoms with van der Waals surface area (Å²) in [5.74, 6) is -0.657. The van der Waals surface area contributed by atoms with Crippen molar-refractivity contribution in [3.05, 3.63) is 35.4 Å². The van der Waals surface area contributed by atoms with Crippen LogP contribution in [0.4, 0.5) is 0 Å². The summed E-state index contributed by atoms with van der Waals surface area (Å²) in [5.41, 5.74) is 1.52. The van der Waals surface area contributed by atoms with Gasteiger partial charge in [-0.1, -0.05) is 17.7 Å². The van der Waals surface area contributed by atoms with Gasteiger partial charge >= 0.3 is 5.97 Å². The van der Waals surface area contributed by atoms with Crippen LogP contribution in [0.2, 0.25) is 0 Å². The molecule has 0 aliphatic carbocycles. The minimum absolute atomic E-state index is 0.00509. The number of hydrogen-bond donors (Lipinski definition) is 0. The highest BCUT2D eigenvalue weighted by molar-refractivity contribution is 5.91. The number of benzene rings is 1. The minimum Gasteiger partial charge on any atom is -0.452 e. The summed E-state index contributed by atoms with van der Waals surface area (Å²) in [4.78, 5) is 25.6. The van der Waals surface area contributed by atoms with Gasteiger partial charge in [-0.05, 0) is 32.9 Å². The van der Waals surface area contributed by atoms with Crippen molar-refractivity contribution in [2.75, 3.05) is 19.7 Å². The van der Waals surface area contributed by atoms with E-state index in [0.29, 0.717) is 18.7 Å². The fourth-order valence-electron chi connectivity index (χ4n) is 2.37. The van der Waals surface area contributed by atoms with Crippen LogP contribution in [0, 0.1) is 6.92 Å². The smallest absolute Gasteiger partial charge is 0.338 e. The lowest BCUT2D eigenvalue weighted by atomic mass is 10.1. The molecule has 5 nitrogen and oxygen atoms in total. The molecular formula is C16H21NO4. The molecule has 5 heteroatoms. The van der Waals surface area contributed by atoms with Crippen molar-refractivity contribution in [1.29, 1.82) is 0 Å². The number of carbonyl (C=O) groups excluding carboxylic acids is 2. The molecule has 0 spiro atoms. The Hall–Kier alpha value is -1.88. The second kappa shape index (κ2) is 6.72. The zero-order valence-corrected chi connectivity index (χ0v) is 12.7. The van der Waals surface area contributed by atoms with Gasteiger partial charge in [0.15, 0.2) is 6.61 Å². The lowest BCUT2D eigenvalue weighted by Gasteiger charge is -2.35. The first-order chi connectivity index (χ1) is 9.95. The Balaban J connectivity index is 1.86. The quantitative estimate of drug-likeness (QED) is 0.797. The Bertz CT molecular complexity index is 502. The van der Waals surface area contributed by atoms with E-state index in [1.165, 1.54) is 0 Å². The molecule has 0 bridgehead atoms. The molecule has 1 aromatic rings. The van der Waals surface area contributed by atoms with Crippen LogP contribution in [-0.2, 0) is 14.3 Å². The third-order valence-corrected chi connectivity index (χ3v) is 3.39. The molecule has 114 valence electrons. The number of rotatable bonds is 3. The standard InChI is InChI=1S/C16H21NO4/c1-11-4-6-14(7-5-11)16(19)20-10-15(18)17-8-12(2)21-13(3)9-17/h4-7,12-13H,8-10H2,1-3H3/t12-,13-/m0/s1. The maximum absolute atomic E-state index is 12.1. The highest BCUT2D eigenvalue weighted by Gasteiger charge is 2.26. The Kier molecular flexibility index (Phi) is 4.96. The second-order valence-electron chi connectivity index (χ2n) is 5.50. The van der Waals surface area contributed by atoms with E-state index >= 15 is 0 Å². The summed E-state index contributed by atoms with van der Waals surface area (Å²) in [6.07, 6.45) is 0.0102. The number of ether oxygens (including phenoxy) is 2. The van der Waals surface area contributed by atoms with Crippen LogP contribution in [0.15, 0.2) is 24.3 Å². The van der Waals surface area contributed by atoms with Gasteiger partial charge in [0.05, 0.1) is 17.8 Å². The number of carbonyl (C=O) groups is 2. The fourth-order valence-corrected chi connectivity index (χ4v) is 2.37. The molecule has 1 saturated heterocycles. The van der Waals surface area contributed by atoms with Gasteiger partial charge < -0.3 is 14.4 Å². The molecule has 0 saturated carbocycles. The van der Waals surface area contributed by atoms with Gasteiger partial charge in [0.1, 0.15) is 0 Å². The highest BCUT2D eigenvalue weighted by Crippen LogP contribution is 2.11. The molecule has 2 rings (SSSR count). The fraction of sp³-hybridized carbons (Fsp3) is 0.500. The molecular weight excluding hydrogens is 270 g/mol. The molecule has 21 heavy (non-hydrogen) atoms. The number of amides is 1. The van der Waals surface area contributed by atoms with Crippen LogP contribution >= 0.6 is 0 Å². The number of nitrogens with zero attached hydrogens (tertiary/aromatic N) is 1. The van der Waals surface area contributed by atoms with Crippen LogP contribution in [0.3, 0.4) is 0 Å². The first-order valence-electron chi connectivity index (χ1n) is 7.12. The first-order valence-corrected chi connectivity index (χ1v) is 7.12. The summed E-state index contributed by atoms with van der Waals surface area (Å²) in [7, 11) is 0. The molecule has 1 aliphatic heterocycles.